The van der Waals surface area contributed by atoms with Gasteiger partial charge in [-0.3, -0.25) is 9.97 Å². The standard InChI is InChI=1S/C15H18N4O3/c1-21-9-11-10-22-8-7-19(11)15(20)18-13-4-2-3-12-14(13)17-6-5-16-12/h2-6,11H,7-10H2,1H3,(H,18,20). The van der Waals surface area contributed by atoms with Gasteiger partial charge >= 0.3 is 6.03 Å². The molecule has 0 radical (unpaired) electrons. The maximum atomic E-state index is 12.6. The zero-order valence-corrected chi connectivity index (χ0v) is 12.4. The third-order valence-corrected chi connectivity index (χ3v) is 3.59. The molecule has 0 spiro atoms. The average molecular weight is 302 g/mol. The molecule has 1 N–H and O–H groups in total. The molecule has 1 fully saturated rings. The Kier molecular flexibility index (Phi) is 4.45. The van der Waals surface area contributed by atoms with Gasteiger partial charge < -0.3 is 19.7 Å². The number of ether oxygens (including phenoxy) is 2. The minimum absolute atomic E-state index is 0.0835. The van der Waals surface area contributed by atoms with Gasteiger partial charge in [0.05, 0.1) is 37.1 Å². The number of benzene rings is 1. The second-order valence-corrected chi connectivity index (χ2v) is 5.04. The predicted octanol–water partition coefficient (Wildman–Crippen LogP) is 1.51. The van der Waals surface area contributed by atoms with Gasteiger partial charge in [0.1, 0.15) is 5.52 Å². The molecule has 1 unspecified atom stereocenters. The number of carbonyl (C=O) groups excluding carboxylic acids is 1. The summed E-state index contributed by atoms with van der Waals surface area (Å²) in [5.74, 6) is 0. The molecule has 1 aliphatic rings. The minimum atomic E-state index is -0.177. The monoisotopic (exact) mass is 302 g/mol. The summed E-state index contributed by atoms with van der Waals surface area (Å²) in [7, 11) is 1.62. The van der Waals surface area contributed by atoms with Crippen LogP contribution in [-0.2, 0) is 9.47 Å². The molecule has 0 aliphatic carbocycles. The molecule has 1 aliphatic heterocycles. The minimum Gasteiger partial charge on any atom is -0.382 e. The number of hydrogen-bond acceptors (Lipinski definition) is 5. The number of para-hydroxylation sites is 1. The Hall–Kier alpha value is -2.25. The van der Waals surface area contributed by atoms with Gasteiger partial charge in [0, 0.05) is 26.0 Å². The van der Waals surface area contributed by atoms with Crippen molar-refractivity contribution < 1.29 is 14.3 Å². The third-order valence-electron chi connectivity index (χ3n) is 3.59. The number of morpholine rings is 1. The Bertz CT molecular complexity index is 657. The molecule has 0 saturated carbocycles. The first-order valence-corrected chi connectivity index (χ1v) is 7.13. The van der Waals surface area contributed by atoms with Crippen LogP contribution in [0.1, 0.15) is 0 Å². The van der Waals surface area contributed by atoms with E-state index in [2.05, 4.69) is 15.3 Å². The van der Waals surface area contributed by atoms with Crippen molar-refractivity contribution in [2.24, 2.45) is 0 Å². The molecule has 0 bridgehead atoms. The van der Waals surface area contributed by atoms with Crippen LogP contribution in [0.25, 0.3) is 11.0 Å². The zero-order chi connectivity index (χ0) is 15.4. The quantitative estimate of drug-likeness (QED) is 0.930. The second-order valence-electron chi connectivity index (χ2n) is 5.04. The van der Waals surface area contributed by atoms with Gasteiger partial charge in [0.15, 0.2) is 0 Å². The summed E-state index contributed by atoms with van der Waals surface area (Å²) in [5, 5.41) is 2.92. The van der Waals surface area contributed by atoms with Crippen LogP contribution in [0.15, 0.2) is 30.6 Å². The number of amides is 2. The number of carbonyl (C=O) groups is 1. The summed E-state index contributed by atoms with van der Waals surface area (Å²) >= 11 is 0. The van der Waals surface area contributed by atoms with E-state index in [1.807, 2.05) is 18.2 Å². The van der Waals surface area contributed by atoms with Crippen LogP contribution < -0.4 is 5.32 Å². The van der Waals surface area contributed by atoms with Crippen LogP contribution in [0.3, 0.4) is 0 Å². The van der Waals surface area contributed by atoms with Gasteiger partial charge in [-0.1, -0.05) is 6.07 Å². The predicted molar refractivity (Wildman–Crippen MR) is 81.7 cm³/mol. The molecule has 1 aromatic carbocycles. The lowest BCUT2D eigenvalue weighted by molar-refractivity contribution is -0.0133. The van der Waals surface area contributed by atoms with Crippen molar-refractivity contribution in [1.29, 1.82) is 0 Å². The molecule has 7 heteroatoms. The van der Waals surface area contributed by atoms with Crippen LogP contribution in [0.4, 0.5) is 10.5 Å². The van der Waals surface area contributed by atoms with Gasteiger partial charge in [-0.2, -0.15) is 0 Å². The van der Waals surface area contributed by atoms with Gasteiger partial charge in [0.2, 0.25) is 0 Å². The number of urea groups is 1. The fourth-order valence-electron chi connectivity index (χ4n) is 2.53. The summed E-state index contributed by atoms with van der Waals surface area (Å²) in [6.45, 7) is 2.00. The number of rotatable bonds is 3. The molecular formula is C15H18N4O3. The fraction of sp³-hybridized carbons (Fsp3) is 0.400. The van der Waals surface area contributed by atoms with E-state index in [4.69, 9.17) is 9.47 Å². The number of fused-ring (bicyclic) bond motifs is 1. The number of hydrogen-bond donors (Lipinski definition) is 1. The van der Waals surface area contributed by atoms with Crippen LogP contribution in [-0.4, -0.2) is 60.4 Å². The van der Waals surface area contributed by atoms with E-state index >= 15 is 0 Å². The van der Waals surface area contributed by atoms with Gasteiger partial charge in [-0.15, -0.1) is 0 Å². The normalized spacial score (nSPS) is 18.4. The zero-order valence-electron chi connectivity index (χ0n) is 12.4. The number of anilines is 1. The highest BCUT2D eigenvalue weighted by Crippen LogP contribution is 2.20. The Morgan fingerprint density at radius 2 is 2.32 bits per heavy atom. The van der Waals surface area contributed by atoms with Crippen molar-refractivity contribution in [2.75, 3.05) is 38.8 Å². The lowest BCUT2D eigenvalue weighted by Crippen LogP contribution is -2.52. The van der Waals surface area contributed by atoms with Crippen molar-refractivity contribution in [2.45, 2.75) is 6.04 Å². The van der Waals surface area contributed by atoms with Crippen molar-refractivity contribution >= 4 is 22.8 Å². The van der Waals surface area contributed by atoms with Crippen molar-refractivity contribution in [1.82, 2.24) is 14.9 Å². The molecule has 2 amide bonds. The molecule has 1 atom stereocenters. The SMILES string of the molecule is COCC1COCCN1C(=O)Nc1cccc2nccnc12. The van der Waals surface area contributed by atoms with E-state index in [0.717, 1.165) is 5.52 Å². The van der Waals surface area contributed by atoms with Crippen LogP contribution in [0.2, 0.25) is 0 Å². The van der Waals surface area contributed by atoms with E-state index in [9.17, 15) is 4.79 Å². The van der Waals surface area contributed by atoms with E-state index in [0.29, 0.717) is 37.6 Å². The van der Waals surface area contributed by atoms with Crippen molar-refractivity contribution in [3.8, 4) is 0 Å². The van der Waals surface area contributed by atoms with Gasteiger partial charge in [-0.05, 0) is 12.1 Å². The molecule has 2 aromatic rings. The summed E-state index contributed by atoms with van der Waals surface area (Å²) in [5.41, 5.74) is 2.07. The lowest BCUT2D eigenvalue weighted by atomic mass is 10.2. The van der Waals surface area contributed by atoms with E-state index < -0.39 is 0 Å². The van der Waals surface area contributed by atoms with Crippen molar-refractivity contribution in [3.63, 3.8) is 0 Å². The summed E-state index contributed by atoms with van der Waals surface area (Å²) in [4.78, 5) is 22.8. The Morgan fingerprint density at radius 1 is 1.45 bits per heavy atom. The molecule has 1 saturated heterocycles. The van der Waals surface area contributed by atoms with Crippen LogP contribution in [0.5, 0.6) is 0 Å². The maximum absolute atomic E-state index is 12.6. The Morgan fingerprint density at radius 3 is 3.18 bits per heavy atom. The third kappa shape index (κ3) is 3.00. The number of methoxy groups -OCH3 is 1. The largest absolute Gasteiger partial charge is 0.382 e. The first-order chi connectivity index (χ1) is 10.8. The van der Waals surface area contributed by atoms with Crippen LogP contribution in [0, 0.1) is 0 Å². The summed E-state index contributed by atoms with van der Waals surface area (Å²) in [6.07, 6.45) is 3.24. The molecule has 116 valence electrons. The maximum Gasteiger partial charge on any atom is 0.322 e. The fourth-order valence-corrected chi connectivity index (χ4v) is 2.53. The molecule has 7 nitrogen and oxygen atoms in total. The topological polar surface area (TPSA) is 76.6 Å². The van der Waals surface area contributed by atoms with Gasteiger partial charge in [-0.25, -0.2) is 4.79 Å². The van der Waals surface area contributed by atoms with Gasteiger partial charge in [0.25, 0.3) is 0 Å². The molecule has 1 aromatic heterocycles. The first kappa shape index (κ1) is 14.7. The summed E-state index contributed by atoms with van der Waals surface area (Å²) < 4.78 is 10.6. The molecule has 3 rings (SSSR count). The second kappa shape index (κ2) is 6.67. The van der Waals surface area contributed by atoms with E-state index in [1.54, 1.807) is 24.4 Å². The Balaban J connectivity index is 1.80. The summed E-state index contributed by atoms with van der Waals surface area (Å²) in [6, 6.07) is 5.27. The smallest absolute Gasteiger partial charge is 0.322 e. The number of nitrogens with zero attached hydrogens (tertiary/aromatic N) is 3. The lowest BCUT2D eigenvalue weighted by Gasteiger charge is -2.35. The highest BCUT2D eigenvalue weighted by atomic mass is 16.5. The average Bonchev–Trinajstić information content (AvgIpc) is 2.56. The Labute approximate surface area is 128 Å². The molecule has 2 heterocycles. The van der Waals surface area contributed by atoms with E-state index in [1.165, 1.54) is 0 Å². The highest BCUT2D eigenvalue weighted by molar-refractivity contribution is 5.98. The molecule has 22 heavy (non-hydrogen) atoms. The number of aromatic nitrogens is 2. The molecular weight excluding hydrogens is 284 g/mol. The van der Waals surface area contributed by atoms with E-state index in [-0.39, 0.29) is 12.1 Å². The number of nitrogens with one attached hydrogen (secondary N) is 1. The van der Waals surface area contributed by atoms with Crippen molar-refractivity contribution in [3.05, 3.63) is 30.6 Å². The van der Waals surface area contributed by atoms with Crippen LogP contribution >= 0.6 is 0 Å². The first-order valence-electron chi connectivity index (χ1n) is 7.13. The highest BCUT2D eigenvalue weighted by Gasteiger charge is 2.27.